The summed E-state index contributed by atoms with van der Waals surface area (Å²) in [5.41, 5.74) is 0.718. The first-order valence-corrected chi connectivity index (χ1v) is 13.8. The molecule has 0 unspecified atom stereocenters. The molecule has 0 aliphatic rings. The van der Waals surface area contributed by atoms with Crippen molar-refractivity contribution < 1.29 is 22.7 Å². The molecule has 9 nitrogen and oxygen atoms in total. The number of carbonyl (C=O) groups is 2. The summed E-state index contributed by atoms with van der Waals surface area (Å²) in [5.74, 6) is -1.13. The van der Waals surface area contributed by atoms with Crippen LogP contribution in [0.25, 0.3) is 0 Å². The van der Waals surface area contributed by atoms with Crippen molar-refractivity contribution in [1.29, 1.82) is 0 Å². The lowest BCUT2D eigenvalue weighted by atomic mass is 10.1. The number of unbranched alkanes of at least 4 members (excludes halogenated alkanes) is 1. The quantitative estimate of drug-likeness (QED) is 0.217. The maximum absolute atomic E-state index is 12.9. The molecule has 190 valence electrons. The van der Waals surface area contributed by atoms with Gasteiger partial charge < -0.3 is 15.0 Å². The summed E-state index contributed by atoms with van der Waals surface area (Å²) in [7, 11) is -4.05. The molecule has 2 aromatic carbocycles. The molecular weight excluding hydrogens is 502 g/mol. The molecule has 0 aliphatic heterocycles. The number of carbonyl (C=O) groups excluding carboxylic acids is 2. The SMILES string of the molecule is CCCCc1ccc(S(=O)(=O)c2cnc(SCC(=O)Nc3ccccc3C(=O)OCC)[nH]c2=O)cc1. The molecule has 0 fully saturated rings. The summed E-state index contributed by atoms with van der Waals surface area (Å²) >= 11 is 0.921. The number of aromatic amines is 1. The van der Waals surface area contributed by atoms with Crippen LogP contribution in [0.4, 0.5) is 5.69 Å². The second-order valence-electron chi connectivity index (χ2n) is 7.74. The molecule has 1 aromatic heterocycles. The van der Waals surface area contributed by atoms with Crippen molar-refractivity contribution in [3.8, 4) is 0 Å². The zero-order valence-corrected chi connectivity index (χ0v) is 21.6. The molecular formula is C25H27N3O6S2. The molecule has 2 N–H and O–H groups in total. The number of sulfone groups is 1. The highest BCUT2D eigenvalue weighted by Gasteiger charge is 2.22. The van der Waals surface area contributed by atoms with Crippen molar-refractivity contribution in [1.82, 2.24) is 9.97 Å². The molecule has 0 saturated carbocycles. The lowest BCUT2D eigenvalue weighted by molar-refractivity contribution is -0.113. The van der Waals surface area contributed by atoms with Gasteiger partial charge in [-0.3, -0.25) is 9.59 Å². The number of aromatic nitrogens is 2. The van der Waals surface area contributed by atoms with Gasteiger partial charge in [0.15, 0.2) is 10.1 Å². The lowest BCUT2D eigenvalue weighted by Gasteiger charge is -2.10. The first-order chi connectivity index (χ1) is 17.3. The maximum Gasteiger partial charge on any atom is 0.340 e. The number of nitrogens with zero attached hydrogens (tertiary/aromatic N) is 1. The predicted octanol–water partition coefficient (Wildman–Crippen LogP) is 3.85. The molecule has 0 spiro atoms. The van der Waals surface area contributed by atoms with Gasteiger partial charge in [-0.25, -0.2) is 18.2 Å². The van der Waals surface area contributed by atoms with Crippen molar-refractivity contribution in [3.05, 3.63) is 76.2 Å². The van der Waals surface area contributed by atoms with Gasteiger partial charge in [0, 0.05) is 0 Å². The number of para-hydroxylation sites is 1. The number of aryl methyl sites for hydroxylation is 1. The topological polar surface area (TPSA) is 135 Å². The third-order valence-corrected chi connectivity index (χ3v) is 7.77. The summed E-state index contributed by atoms with van der Waals surface area (Å²) in [6, 6.07) is 12.9. The number of nitrogens with one attached hydrogen (secondary N) is 2. The van der Waals surface area contributed by atoms with E-state index in [-0.39, 0.29) is 28.0 Å². The Kier molecular flexibility index (Phi) is 9.43. The average Bonchev–Trinajstić information content (AvgIpc) is 2.87. The standard InChI is InChI=1S/C25H27N3O6S2/c1-3-5-8-17-11-13-18(14-12-17)36(32,33)21-15-26-25(28-23(21)30)35-16-22(29)27-20-10-7-6-9-19(20)24(31)34-4-2/h6-7,9-15H,3-5,8,16H2,1-2H3,(H,27,29)(H,26,28,30). The van der Waals surface area contributed by atoms with E-state index in [4.69, 9.17) is 4.74 Å². The van der Waals surface area contributed by atoms with Crippen LogP contribution in [0.3, 0.4) is 0 Å². The highest BCUT2D eigenvalue weighted by Crippen LogP contribution is 2.21. The van der Waals surface area contributed by atoms with Gasteiger partial charge in [-0.05, 0) is 49.6 Å². The van der Waals surface area contributed by atoms with Crippen LogP contribution in [-0.2, 0) is 25.8 Å². The Morgan fingerprint density at radius 1 is 1.08 bits per heavy atom. The Bertz CT molecular complexity index is 1390. The Morgan fingerprint density at radius 2 is 1.81 bits per heavy atom. The second-order valence-corrected chi connectivity index (χ2v) is 10.6. The van der Waals surface area contributed by atoms with Crippen LogP contribution in [0, 0.1) is 0 Å². The number of hydrogen-bond donors (Lipinski definition) is 2. The van der Waals surface area contributed by atoms with Gasteiger partial charge in [-0.1, -0.05) is 49.4 Å². The Hall–Kier alpha value is -3.44. The fraction of sp³-hybridized carbons (Fsp3) is 0.280. The summed E-state index contributed by atoms with van der Waals surface area (Å²) in [6.07, 6.45) is 3.89. The summed E-state index contributed by atoms with van der Waals surface area (Å²) in [6.45, 7) is 3.97. The average molecular weight is 530 g/mol. The number of rotatable bonds is 11. The highest BCUT2D eigenvalue weighted by atomic mass is 32.2. The largest absolute Gasteiger partial charge is 0.462 e. The van der Waals surface area contributed by atoms with Crippen molar-refractivity contribution in [2.45, 2.75) is 48.1 Å². The van der Waals surface area contributed by atoms with Gasteiger partial charge >= 0.3 is 5.97 Å². The third kappa shape index (κ3) is 6.82. The van der Waals surface area contributed by atoms with E-state index in [0.717, 1.165) is 42.8 Å². The number of anilines is 1. The molecule has 36 heavy (non-hydrogen) atoms. The van der Waals surface area contributed by atoms with E-state index in [1.165, 1.54) is 18.2 Å². The van der Waals surface area contributed by atoms with Crippen LogP contribution >= 0.6 is 11.8 Å². The summed E-state index contributed by atoms with van der Waals surface area (Å²) < 4.78 is 30.8. The summed E-state index contributed by atoms with van der Waals surface area (Å²) in [4.78, 5) is 43.0. The van der Waals surface area contributed by atoms with Crippen molar-refractivity contribution in [2.24, 2.45) is 0 Å². The lowest BCUT2D eigenvalue weighted by Crippen LogP contribution is -2.20. The van der Waals surface area contributed by atoms with Crippen LogP contribution < -0.4 is 10.9 Å². The number of thioether (sulfide) groups is 1. The molecule has 0 radical (unpaired) electrons. The van der Waals surface area contributed by atoms with E-state index in [0.29, 0.717) is 5.69 Å². The fourth-order valence-corrected chi connectivity index (χ4v) is 5.14. The number of hydrogen-bond acceptors (Lipinski definition) is 8. The minimum Gasteiger partial charge on any atom is -0.462 e. The highest BCUT2D eigenvalue weighted by molar-refractivity contribution is 7.99. The van der Waals surface area contributed by atoms with E-state index >= 15 is 0 Å². The third-order valence-electron chi connectivity index (χ3n) is 5.12. The van der Waals surface area contributed by atoms with Crippen molar-refractivity contribution in [3.63, 3.8) is 0 Å². The number of benzene rings is 2. The van der Waals surface area contributed by atoms with E-state index in [2.05, 4.69) is 22.2 Å². The molecule has 0 aliphatic carbocycles. The van der Waals surface area contributed by atoms with Gasteiger partial charge in [-0.2, -0.15) is 0 Å². The zero-order chi connectivity index (χ0) is 26.1. The molecule has 3 rings (SSSR count). The van der Waals surface area contributed by atoms with E-state index in [1.54, 1.807) is 37.3 Å². The van der Waals surface area contributed by atoms with Crippen LogP contribution in [0.2, 0.25) is 0 Å². The summed E-state index contributed by atoms with van der Waals surface area (Å²) in [5, 5.41) is 2.72. The second kappa shape index (κ2) is 12.5. The number of H-pyrrole nitrogens is 1. The fourth-order valence-electron chi connectivity index (χ4n) is 3.27. The predicted molar refractivity (Wildman–Crippen MR) is 137 cm³/mol. The van der Waals surface area contributed by atoms with Crippen LogP contribution in [0.1, 0.15) is 42.6 Å². The van der Waals surface area contributed by atoms with Gasteiger partial charge in [0.05, 0.1) is 34.7 Å². The molecule has 1 heterocycles. The van der Waals surface area contributed by atoms with Crippen molar-refractivity contribution in [2.75, 3.05) is 17.7 Å². The molecule has 11 heteroatoms. The number of amides is 1. The Balaban J connectivity index is 1.67. The molecule has 3 aromatic rings. The first-order valence-electron chi connectivity index (χ1n) is 11.4. The molecule has 0 atom stereocenters. The first kappa shape index (κ1) is 27.2. The van der Waals surface area contributed by atoms with E-state index in [9.17, 15) is 22.8 Å². The van der Waals surface area contributed by atoms with Gasteiger partial charge in [0.2, 0.25) is 15.7 Å². The minimum absolute atomic E-state index is 0.00935. The number of ether oxygens (including phenoxy) is 1. The normalized spacial score (nSPS) is 11.2. The van der Waals surface area contributed by atoms with Crippen LogP contribution in [0.5, 0.6) is 0 Å². The zero-order valence-electron chi connectivity index (χ0n) is 19.9. The molecule has 1 amide bonds. The van der Waals surface area contributed by atoms with E-state index in [1.807, 2.05) is 0 Å². The smallest absolute Gasteiger partial charge is 0.340 e. The van der Waals surface area contributed by atoms with Gasteiger partial charge in [-0.15, -0.1) is 0 Å². The maximum atomic E-state index is 12.9. The van der Waals surface area contributed by atoms with Crippen LogP contribution in [0.15, 0.2) is 74.5 Å². The van der Waals surface area contributed by atoms with Crippen molar-refractivity contribution >= 4 is 39.2 Å². The Morgan fingerprint density at radius 3 is 2.47 bits per heavy atom. The van der Waals surface area contributed by atoms with Gasteiger partial charge in [0.25, 0.3) is 5.56 Å². The molecule has 0 saturated heterocycles. The van der Waals surface area contributed by atoms with Crippen LogP contribution in [-0.4, -0.2) is 42.6 Å². The molecule has 0 bridgehead atoms. The monoisotopic (exact) mass is 529 g/mol. The number of esters is 1. The van der Waals surface area contributed by atoms with Gasteiger partial charge in [0.1, 0.15) is 0 Å². The Labute approximate surface area is 213 Å². The van der Waals surface area contributed by atoms with E-state index < -0.39 is 32.2 Å². The minimum atomic E-state index is -4.05.